The first-order chi connectivity index (χ1) is 7.74. The molecule has 5 nitrogen and oxygen atoms in total. The van der Waals surface area contributed by atoms with E-state index in [1.807, 2.05) is 20.8 Å². The van der Waals surface area contributed by atoms with Gasteiger partial charge in [-0.25, -0.2) is 4.79 Å². The molecule has 1 aliphatic rings. The monoisotopic (exact) mass is 243 g/mol. The Morgan fingerprint density at radius 1 is 1.41 bits per heavy atom. The Kier molecular flexibility index (Phi) is 4.14. The summed E-state index contributed by atoms with van der Waals surface area (Å²) in [6.45, 7) is 6.11. The summed E-state index contributed by atoms with van der Waals surface area (Å²) in [5.41, 5.74) is -0.134. The molecule has 1 rings (SSSR count). The number of hydrogen-bond acceptors (Lipinski definition) is 4. The van der Waals surface area contributed by atoms with Crippen LogP contribution in [-0.2, 0) is 14.3 Å². The van der Waals surface area contributed by atoms with Crippen molar-refractivity contribution in [2.45, 2.75) is 45.8 Å². The highest BCUT2D eigenvalue weighted by molar-refractivity contribution is 5.85. The molecule has 2 atom stereocenters. The number of nitrogens with zero attached hydrogens (tertiary/aromatic N) is 1. The highest BCUT2D eigenvalue weighted by Gasteiger charge is 2.40. The average Bonchev–Trinajstić information content (AvgIpc) is 2.56. The van der Waals surface area contributed by atoms with Gasteiger partial charge in [-0.15, -0.1) is 0 Å². The Labute approximate surface area is 102 Å². The molecule has 1 fully saturated rings. The predicted molar refractivity (Wildman–Crippen MR) is 62.2 cm³/mol. The second-order valence-corrected chi connectivity index (χ2v) is 5.71. The van der Waals surface area contributed by atoms with E-state index in [4.69, 9.17) is 0 Å². The van der Waals surface area contributed by atoms with E-state index < -0.39 is 18.1 Å². The van der Waals surface area contributed by atoms with Gasteiger partial charge in [0.1, 0.15) is 6.04 Å². The van der Waals surface area contributed by atoms with Gasteiger partial charge in [-0.3, -0.25) is 4.79 Å². The molecule has 1 N–H and O–H groups in total. The molecule has 1 heterocycles. The molecule has 1 aliphatic heterocycles. The van der Waals surface area contributed by atoms with Crippen molar-refractivity contribution in [1.82, 2.24) is 4.90 Å². The molecule has 0 aromatic heterocycles. The summed E-state index contributed by atoms with van der Waals surface area (Å²) in [6, 6.07) is -0.634. The SMILES string of the molecule is COC(=O)C1CC(O)CN1C(=O)CC(C)(C)C. The fourth-order valence-electron chi connectivity index (χ4n) is 2.00. The van der Waals surface area contributed by atoms with Crippen molar-refractivity contribution in [3.8, 4) is 0 Å². The van der Waals surface area contributed by atoms with Crippen LogP contribution in [0, 0.1) is 5.41 Å². The first kappa shape index (κ1) is 14.0. The van der Waals surface area contributed by atoms with Crippen molar-refractivity contribution in [1.29, 1.82) is 0 Å². The van der Waals surface area contributed by atoms with E-state index >= 15 is 0 Å². The van der Waals surface area contributed by atoms with E-state index in [1.165, 1.54) is 12.0 Å². The molecule has 5 heteroatoms. The van der Waals surface area contributed by atoms with Crippen LogP contribution < -0.4 is 0 Å². The van der Waals surface area contributed by atoms with Crippen molar-refractivity contribution in [3.63, 3.8) is 0 Å². The normalized spacial score (nSPS) is 24.9. The first-order valence-corrected chi connectivity index (χ1v) is 5.80. The summed E-state index contributed by atoms with van der Waals surface area (Å²) in [7, 11) is 1.29. The van der Waals surface area contributed by atoms with Crippen LogP contribution >= 0.6 is 0 Å². The maximum Gasteiger partial charge on any atom is 0.328 e. The molecule has 0 aromatic rings. The molecule has 0 radical (unpaired) electrons. The number of rotatable bonds is 2. The van der Waals surface area contributed by atoms with E-state index in [1.54, 1.807) is 0 Å². The lowest BCUT2D eigenvalue weighted by Crippen LogP contribution is -2.42. The molecular formula is C12H21NO4. The minimum atomic E-state index is -0.636. The quantitative estimate of drug-likeness (QED) is 0.719. The summed E-state index contributed by atoms with van der Waals surface area (Å²) >= 11 is 0. The molecule has 1 saturated heterocycles. The summed E-state index contributed by atoms with van der Waals surface area (Å²) in [5.74, 6) is -0.562. The Morgan fingerprint density at radius 2 is 2.00 bits per heavy atom. The molecule has 0 spiro atoms. The number of amides is 1. The fraction of sp³-hybridized carbons (Fsp3) is 0.833. The molecular weight excluding hydrogens is 222 g/mol. The molecule has 0 aliphatic carbocycles. The second kappa shape index (κ2) is 5.04. The predicted octanol–water partition coefficient (Wildman–Crippen LogP) is 0.557. The number of likely N-dealkylation sites (tertiary alicyclic amines) is 1. The number of esters is 1. The van der Waals surface area contributed by atoms with Gasteiger partial charge in [-0.05, 0) is 5.41 Å². The summed E-state index contributed by atoms with van der Waals surface area (Å²) in [6.07, 6.45) is -0.0153. The number of hydrogen-bond donors (Lipinski definition) is 1. The van der Waals surface area contributed by atoms with Gasteiger partial charge in [0.25, 0.3) is 0 Å². The zero-order valence-electron chi connectivity index (χ0n) is 10.9. The third-order valence-corrected chi connectivity index (χ3v) is 2.75. The summed E-state index contributed by atoms with van der Waals surface area (Å²) in [5, 5.41) is 9.56. The third kappa shape index (κ3) is 3.70. The van der Waals surface area contributed by atoms with Crippen LogP contribution in [0.4, 0.5) is 0 Å². The number of aliphatic hydroxyl groups excluding tert-OH is 1. The first-order valence-electron chi connectivity index (χ1n) is 5.80. The third-order valence-electron chi connectivity index (χ3n) is 2.75. The van der Waals surface area contributed by atoms with Crippen LogP contribution in [0.5, 0.6) is 0 Å². The van der Waals surface area contributed by atoms with Crippen molar-refractivity contribution in [2.24, 2.45) is 5.41 Å². The van der Waals surface area contributed by atoms with Crippen LogP contribution in [0.3, 0.4) is 0 Å². The highest BCUT2D eigenvalue weighted by Crippen LogP contribution is 2.25. The van der Waals surface area contributed by atoms with Crippen LogP contribution in [0.1, 0.15) is 33.6 Å². The Hall–Kier alpha value is -1.10. The van der Waals surface area contributed by atoms with E-state index in [0.29, 0.717) is 6.42 Å². The zero-order chi connectivity index (χ0) is 13.2. The lowest BCUT2D eigenvalue weighted by molar-refractivity contribution is -0.151. The average molecular weight is 243 g/mol. The number of carbonyl (C=O) groups is 2. The Bertz CT molecular complexity index is 308. The van der Waals surface area contributed by atoms with Crippen molar-refractivity contribution < 1.29 is 19.4 Å². The van der Waals surface area contributed by atoms with Crippen molar-refractivity contribution >= 4 is 11.9 Å². The molecule has 1 amide bonds. The van der Waals surface area contributed by atoms with Crippen LogP contribution in [-0.4, -0.2) is 47.7 Å². The number of aliphatic hydroxyl groups is 1. The van der Waals surface area contributed by atoms with Crippen LogP contribution in [0.2, 0.25) is 0 Å². The molecule has 2 unspecified atom stereocenters. The number of β-amino-alcohol motifs (C(OH)–C–C–N with tert-alkyl or cyclic N) is 1. The standard InChI is InChI=1S/C12H21NO4/c1-12(2,3)6-10(15)13-7-8(14)5-9(13)11(16)17-4/h8-9,14H,5-7H2,1-4H3. The van der Waals surface area contributed by atoms with E-state index in [9.17, 15) is 14.7 Å². The van der Waals surface area contributed by atoms with Gasteiger partial charge in [0.2, 0.25) is 5.91 Å². The summed E-state index contributed by atoms with van der Waals surface area (Å²) in [4.78, 5) is 25.0. The van der Waals surface area contributed by atoms with E-state index in [-0.39, 0.29) is 24.3 Å². The fourth-order valence-corrected chi connectivity index (χ4v) is 2.00. The topological polar surface area (TPSA) is 66.8 Å². The molecule has 17 heavy (non-hydrogen) atoms. The van der Waals surface area contributed by atoms with Gasteiger partial charge in [-0.2, -0.15) is 0 Å². The Balaban J connectivity index is 2.73. The lowest BCUT2D eigenvalue weighted by Gasteiger charge is -2.26. The maximum absolute atomic E-state index is 12.0. The lowest BCUT2D eigenvalue weighted by atomic mass is 9.91. The van der Waals surface area contributed by atoms with Crippen molar-refractivity contribution in [2.75, 3.05) is 13.7 Å². The minimum absolute atomic E-state index is 0.107. The molecule has 0 aromatic carbocycles. The number of ether oxygens (including phenoxy) is 1. The van der Waals surface area contributed by atoms with Crippen LogP contribution in [0.15, 0.2) is 0 Å². The van der Waals surface area contributed by atoms with Gasteiger partial charge >= 0.3 is 5.97 Å². The van der Waals surface area contributed by atoms with Crippen molar-refractivity contribution in [3.05, 3.63) is 0 Å². The minimum Gasteiger partial charge on any atom is -0.467 e. The smallest absolute Gasteiger partial charge is 0.328 e. The molecule has 0 saturated carbocycles. The van der Waals surface area contributed by atoms with Gasteiger partial charge < -0.3 is 14.7 Å². The van der Waals surface area contributed by atoms with Gasteiger partial charge in [0.15, 0.2) is 0 Å². The second-order valence-electron chi connectivity index (χ2n) is 5.71. The largest absolute Gasteiger partial charge is 0.467 e. The van der Waals surface area contributed by atoms with Gasteiger partial charge in [0.05, 0.1) is 13.2 Å². The zero-order valence-corrected chi connectivity index (χ0v) is 10.9. The van der Waals surface area contributed by atoms with Gasteiger partial charge in [-0.1, -0.05) is 20.8 Å². The number of methoxy groups -OCH3 is 1. The van der Waals surface area contributed by atoms with Crippen LogP contribution in [0.25, 0.3) is 0 Å². The number of carbonyl (C=O) groups excluding carboxylic acids is 2. The highest BCUT2D eigenvalue weighted by atomic mass is 16.5. The maximum atomic E-state index is 12.0. The molecule has 0 bridgehead atoms. The van der Waals surface area contributed by atoms with Gasteiger partial charge in [0, 0.05) is 19.4 Å². The summed E-state index contributed by atoms with van der Waals surface area (Å²) < 4.78 is 4.65. The Morgan fingerprint density at radius 3 is 2.47 bits per heavy atom. The van der Waals surface area contributed by atoms with E-state index in [0.717, 1.165) is 0 Å². The van der Waals surface area contributed by atoms with E-state index in [2.05, 4.69) is 4.74 Å². The molecule has 98 valence electrons.